The lowest BCUT2D eigenvalue weighted by atomic mass is 9.97. The lowest BCUT2D eigenvalue weighted by Gasteiger charge is -2.31. The van der Waals surface area contributed by atoms with E-state index in [0.29, 0.717) is 53.2 Å². The van der Waals surface area contributed by atoms with Crippen LogP contribution in [0.2, 0.25) is 0 Å². The standard InChI is InChI=1S/C23H24FN3O5/c1-29-18-11-16(12-19(30-2)20(18)31-3)21-25-22(32-26-21)15-7-5-9-27(13-15)23(28)14-6-4-8-17(24)10-14/h4,6,8,10-12,15H,5,7,9,13H2,1-3H3/t15-/m0/s1. The van der Waals surface area contributed by atoms with Gasteiger partial charge >= 0.3 is 0 Å². The Kier molecular flexibility index (Phi) is 6.25. The quantitative estimate of drug-likeness (QED) is 0.573. The SMILES string of the molecule is COc1cc(-c2noc([C@H]3CCCN(C(=O)c4cccc(F)c4)C3)n2)cc(OC)c1OC. The molecule has 1 aliphatic heterocycles. The fraction of sp³-hybridized carbons (Fsp3) is 0.348. The number of ether oxygens (including phenoxy) is 3. The molecule has 2 heterocycles. The summed E-state index contributed by atoms with van der Waals surface area (Å²) < 4.78 is 35.2. The summed E-state index contributed by atoms with van der Waals surface area (Å²) in [5.74, 6) is 1.52. The first-order valence-corrected chi connectivity index (χ1v) is 10.2. The fourth-order valence-corrected chi connectivity index (χ4v) is 3.90. The monoisotopic (exact) mass is 441 g/mol. The van der Waals surface area contributed by atoms with Gasteiger partial charge in [-0.1, -0.05) is 11.2 Å². The van der Waals surface area contributed by atoms with Gasteiger partial charge in [0.15, 0.2) is 11.5 Å². The number of piperidine rings is 1. The molecule has 1 aliphatic rings. The number of likely N-dealkylation sites (tertiary alicyclic amines) is 1. The molecular weight excluding hydrogens is 417 g/mol. The Balaban J connectivity index is 1.55. The lowest BCUT2D eigenvalue weighted by Crippen LogP contribution is -2.39. The van der Waals surface area contributed by atoms with Crippen molar-refractivity contribution in [3.05, 3.63) is 53.7 Å². The van der Waals surface area contributed by atoms with Crippen molar-refractivity contribution in [2.24, 2.45) is 0 Å². The fourth-order valence-electron chi connectivity index (χ4n) is 3.90. The number of methoxy groups -OCH3 is 3. The van der Waals surface area contributed by atoms with E-state index < -0.39 is 5.82 Å². The Morgan fingerprint density at radius 3 is 2.53 bits per heavy atom. The van der Waals surface area contributed by atoms with Crippen LogP contribution in [0.25, 0.3) is 11.4 Å². The highest BCUT2D eigenvalue weighted by atomic mass is 19.1. The van der Waals surface area contributed by atoms with E-state index in [9.17, 15) is 9.18 Å². The van der Waals surface area contributed by atoms with Crippen molar-refractivity contribution < 1.29 is 27.9 Å². The second-order valence-electron chi connectivity index (χ2n) is 7.47. The van der Waals surface area contributed by atoms with E-state index in [0.717, 1.165) is 12.8 Å². The molecule has 0 radical (unpaired) electrons. The Morgan fingerprint density at radius 1 is 1.12 bits per heavy atom. The molecule has 0 spiro atoms. The number of carbonyl (C=O) groups is 1. The van der Waals surface area contributed by atoms with Gasteiger partial charge in [0.25, 0.3) is 5.91 Å². The number of halogens is 1. The normalized spacial score (nSPS) is 16.0. The molecule has 0 bridgehead atoms. The van der Waals surface area contributed by atoms with Crippen molar-refractivity contribution in [2.75, 3.05) is 34.4 Å². The van der Waals surface area contributed by atoms with Gasteiger partial charge in [-0.3, -0.25) is 4.79 Å². The van der Waals surface area contributed by atoms with E-state index >= 15 is 0 Å². The maximum absolute atomic E-state index is 13.5. The predicted molar refractivity (Wildman–Crippen MR) is 114 cm³/mol. The number of rotatable bonds is 6. The van der Waals surface area contributed by atoms with Crippen LogP contribution in [0.4, 0.5) is 4.39 Å². The maximum atomic E-state index is 13.5. The molecule has 32 heavy (non-hydrogen) atoms. The van der Waals surface area contributed by atoms with E-state index in [-0.39, 0.29) is 11.8 Å². The van der Waals surface area contributed by atoms with Crippen LogP contribution >= 0.6 is 0 Å². The van der Waals surface area contributed by atoms with Gasteiger partial charge < -0.3 is 23.6 Å². The minimum atomic E-state index is -0.434. The van der Waals surface area contributed by atoms with E-state index in [1.54, 1.807) is 23.1 Å². The average Bonchev–Trinajstić information content (AvgIpc) is 3.33. The molecule has 8 nitrogen and oxygen atoms in total. The summed E-state index contributed by atoms with van der Waals surface area (Å²) in [6, 6.07) is 9.21. The van der Waals surface area contributed by atoms with E-state index in [2.05, 4.69) is 10.1 Å². The van der Waals surface area contributed by atoms with Crippen molar-refractivity contribution in [1.29, 1.82) is 0 Å². The van der Waals surface area contributed by atoms with Gasteiger partial charge in [0.05, 0.1) is 27.2 Å². The highest BCUT2D eigenvalue weighted by Gasteiger charge is 2.29. The Labute approximate surface area is 184 Å². The summed E-state index contributed by atoms with van der Waals surface area (Å²) in [6.45, 7) is 1.02. The van der Waals surface area contributed by atoms with Crippen LogP contribution in [0.3, 0.4) is 0 Å². The van der Waals surface area contributed by atoms with E-state index in [1.807, 2.05) is 0 Å². The molecule has 2 aromatic carbocycles. The van der Waals surface area contributed by atoms with Gasteiger partial charge in [0.2, 0.25) is 17.5 Å². The molecule has 0 unspecified atom stereocenters. The number of nitrogens with zero attached hydrogens (tertiary/aromatic N) is 3. The maximum Gasteiger partial charge on any atom is 0.253 e. The molecule has 1 fully saturated rings. The summed E-state index contributed by atoms with van der Waals surface area (Å²) in [5, 5.41) is 4.12. The van der Waals surface area contributed by atoms with Gasteiger partial charge in [-0.2, -0.15) is 4.98 Å². The van der Waals surface area contributed by atoms with Crippen LogP contribution in [0.15, 0.2) is 40.9 Å². The first-order valence-electron chi connectivity index (χ1n) is 10.2. The third kappa shape index (κ3) is 4.23. The molecule has 1 amide bonds. The van der Waals surface area contributed by atoms with Crippen LogP contribution in [0, 0.1) is 5.82 Å². The minimum absolute atomic E-state index is 0.107. The summed E-state index contributed by atoms with van der Waals surface area (Å²) in [7, 11) is 4.61. The highest BCUT2D eigenvalue weighted by molar-refractivity contribution is 5.94. The number of aromatic nitrogens is 2. The van der Waals surface area contributed by atoms with Gasteiger partial charge in [0.1, 0.15) is 5.82 Å². The van der Waals surface area contributed by atoms with Crippen LogP contribution in [-0.2, 0) is 0 Å². The zero-order valence-corrected chi connectivity index (χ0v) is 18.1. The van der Waals surface area contributed by atoms with Crippen LogP contribution in [-0.4, -0.2) is 55.4 Å². The van der Waals surface area contributed by atoms with Crippen molar-refractivity contribution in [1.82, 2.24) is 15.0 Å². The Hall–Kier alpha value is -3.62. The lowest BCUT2D eigenvalue weighted by molar-refractivity contribution is 0.0695. The number of hydrogen-bond donors (Lipinski definition) is 0. The number of amides is 1. The molecule has 4 rings (SSSR count). The third-order valence-electron chi connectivity index (χ3n) is 5.49. The second-order valence-corrected chi connectivity index (χ2v) is 7.47. The Morgan fingerprint density at radius 2 is 1.88 bits per heavy atom. The first-order chi connectivity index (χ1) is 15.5. The van der Waals surface area contributed by atoms with Crippen LogP contribution < -0.4 is 14.2 Å². The molecule has 0 aliphatic carbocycles. The molecule has 1 aromatic heterocycles. The molecule has 0 saturated carbocycles. The zero-order chi connectivity index (χ0) is 22.7. The molecule has 1 saturated heterocycles. The number of hydrogen-bond acceptors (Lipinski definition) is 7. The second kappa shape index (κ2) is 9.25. The van der Waals surface area contributed by atoms with E-state index in [4.69, 9.17) is 18.7 Å². The summed E-state index contributed by atoms with van der Waals surface area (Å²) in [5.41, 5.74) is 0.979. The summed E-state index contributed by atoms with van der Waals surface area (Å²) >= 11 is 0. The molecule has 3 aromatic rings. The first kappa shape index (κ1) is 21.6. The summed E-state index contributed by atoms with van der Waals surface area (Å²) in [6.07, 6.45) is 1.59. The van der Waals surface area contributed by atoms with Gasteiger partial charge in [-0.25, -0.2) is 4.39 Å². The van der Waals surface area contributed by atoms with Gasteiger partial charge in [-0.05, 0) is 43.2 Å². The molecule has 1 atom stereocenters. The van der Waals surface area contributed by atoms with Crippen molar-refractivity contribution >= 4 is 5.91 Å². The number of carbonyl (C=O) groups excluding carboxylic acids is 1. The largest absolute Gasteiger partial charge is 0.493 e. The minimum Gasteiger partial charge on any atom is -0.493 e. The molecular formula is C23H24FN3O5. The van der Waals surface area contributed by atoms with Crippen molar-refractivity contribution in [2.45, 2.75) is 18.8 Å². The smallest absolute Gasteiger partial charge is 0.253 e. The van der Waals surface area contributed by atoms with Gasteiger partial charge in [-0.15, -0.1) is 0 Å². The van der Waals surface area contributed by atoms with Crippen molar-refractivity contribution in [3.63, 3.8) is 0 Å². The number of benzene rings is 2. The van der Waals surface area contributed by atoms with Crippen LogP contribution in [0.1, 0.15) is 35.0 Å². The Bertz CT molecular complexity index is 1090. The molecule has 9 heteroatoms. The van der Waals surface area contributed by atoms with Gasteiger partial charge in [0, 0.05) is 24.2 Å². The summed E-state index contributed by atoms with van der Waals surface area (Å²) in [4.78, 5) is 19.1. The topological polar surface area (TPSA) is 86.9 Å². The van der Waals surface area contributed by atoms with Crippen LogP contribution in [0.5, 0.6) is 17.2 Å². The molecule has 168 valence electrons. The van der Waals surface area contributed by atoms with Crippen molar-refractivity contribution in [3.8, 4) is 28.6 Å². The van der Waals surface area contributed by atoms with E-state index in [1.165, 1.54) is 39.5 Å². The average molecular weight is 441 g/mol. The molecule has 0 N–H and O–H groups in total. The third-order valence-corrected chi connectivity index (χ3v) is 5.49. The highest BCUT2D eigenvalue weighted by Crippen LogP contribution is 2.41. The zero-order valence-electron chi connectivity index (χ0n) is 18.1. The predicted octanol–water partition coefficient (Wildman–Crippen LogP) is 3.92.